The summed E-state index contributed by atoms with van der Waals surface area (Å²) in [5.41, 5.74) is 2.75. The summed E-state index contributed by atoms with van der Waals surface area (Å²) in [4.78, 5) is 4.32. The van der Waals surface area contributed by atoms with Crippen molar-refractivity contribution in [2.45, 2.75) is 24.8 Å². The summed E-state index contributed by atoms with van der Waals surface area (Å²) in [6.07, 6.45) is 4.94. The Morgan fingerprint density at radius 3 is 2.83 bits per heavy atom. The Labute approximate surface area is 107 Å². The van der Waals surface area contributed by atoms with Crippen LogP contribution in [-0.2, 0) is 12.8 Å². The van der Waals surface area contributed by atoms with E-state index in [1.54, 1.807) is 14.2 Å². The van der Waals surface area contributed by atoms with E-state index in [1.165, 1.54) is 11.1 Å². The monoisotopic (exact) mass is 246 g/mol. The van der Waals surface area contributed by atoms with Crippen molar-refractivity contribution in [3.8, 4) is 11.5 Å². The molecule has 1 unspecified atom stereocenters. The van der Waals surface area contributed by atoms with Gasteiger partial charge in [-0.3, -0.25) is 4.99 Å². The van der Waals surface area contributed by atoms with E-state index in [2.05, 4.69) is 16.4 Å². The van der Waals surface area contributed by atoms with Crippen LogP contribution in [0.5, 0.6) is 11.5 Å². The third-order valence-electron chi connectivity index (χ3n) is 3.97. The lowest BCUT2D eigenvalue weighted by Crippen LogP contribution is -2.47. The lowest BCUT2D eigenvalue weighted by Gasteiger charge is -2.35. The second-order valence-corrected chi connectivity index (χ2v) is 5.04. The molecule has 0 saturated heterocycles. The van der Waals surface area contributed by atoms with Crippen LogP contribution < -0.4 is 14.8 Å². The highest BCUT2D eigenvalue weighted by atomic mass is 16.5. The number of nitrogens with one attached hydrogen (secondary N) is 1. The molecule has 0 amide bonds. The number of nitrogens with zero attached hydrogens (tertiary/aromatic N) is 1. The molecular formula is C14H18N2O2. The van der Waals surface area contributed by atoms with Gasteiger partial charge in [0.1, 0.15) is 11.5 Å². The van der Waals surface area contributed by atoms with Gasteiger partial charge in [-0.05, 0) is 36.5 Å². The molecule has 2 aliphatic rings. The Kier molecular flexibility index (Phi) is 2.65. The molecule has 0 aromatic heterocycles. The zero-order valence-corrected chi connectivity index (χ0v) is 10.8. The van der Waals surface area contributed by atoms with Crippen molar-refractivity contribution in [3.63, 3.8) is 0 Å². The summed E-state index contributed by atoms with van der Waals surface area (Å²) >= 11 is 0. The van der Waals surface area contributed by atoms with Gasteiger partial charge >= 0.3 is 0 Å². The fraction of sp³-hybridized carbons (Fsp3) is 0.500. The van der Waals surface area contributed by atoms with Gasteiger partial charge in [-0.1, -0.05) is 0 Å². The normalized spacial score (nSPS) is 24.8. The molecule has 18 heavy (non-hydrogen) atoms. The van der Waals surface area contributed by atoms with Gasteiger partial charge in [0.05, 0.1) is 32.6 Å². The summed E-state index contributed by atoms with van der Waals surface area (Å²) in [6.45, 7) is 0.867. The third-order valence-corrected chi connectivity index (χ3v) is 3.97. The summed E-state index contributed by atoms with van der Waals surface area (Å²) < 4.78 is 10.8. The first-order chi connectivity index (χ1) is 8.76. The van der Waals surface area contributed by atoms with Crippen LogP contribution in [0.15, 0.2) is 17.1 Å². The molecule has 3 rings (SSSR count). The number of aliphatic imine (C=N–C) groups is 1. The third kappa shape index (κ3) is 1.72. The van der Waals surface area contributed by atoms with E-state index in [0.29, 0.717) is 0 Å². The quantitative estimate of drug-likeness (QED) is 0.861. The van der Waals surface area contributed by atoms with E-state index in [1.807, 2.05) is 12.4 Å². The maximum Gasteiger partial charge on any atom is 0.126 e. The predicted octanol–water partition coefficient (Wildman–Crippen LogP) is 1.56. The SMILES string of the molecule is COc1cc2c(c(OC)c1)CCC1(CN=CN1)C2. The Morgan fingerprint density at radius 2 is 2.17 bits per heavy atom. The maximum absolute atomic E-state index is 5.47. The highest BCUT2D eigenvalue weighted by molar-refractivity contribution is 5.60. The molecule has 1 spiro atoms. The lowest BCUT2D eigenvalue weighted by molar-refractivity contribution is 0.346. The van der Waals surface area contributed by atoms with E-state index in [0.717, 1.165) is 37.3 Å². The molecule has 1 aromatic carbocycles. The molecule has 0 fully saturated rings. The number of benzene rings is 1. The van der Waals surface area contributed by atoms with Gasteiger partial charge in [0.2, 0.25) is 0 Å². The van der Waals surface area contributed by atoms with Crippen molar-refractivity contribution >= 4 is 6.34 Å². The number of fused-ring (bicyclic) bond motifs is 1. The Bertz CT molecular complexity index is 489. The first-order valence-corrected chi connectivity index (χ1v) is 6.26. The van der Waals surface area contributed by atoms with Gasteiger partial charge < -0.3 is 14.8 Å². The average molecular weight is 246 g/mol. The van der Waals surface area contributed by atoms with Gasteiger partial charge in [-0.2, -0.15) is 0 Å². The number of rotatable bonds is 2. The standard InChI is InChI=1S/C14H18N2O2/c1-17-11-5-10-7-14(8-15-9-16-14)4-3-12(10)13(6-11)18-2/h5-6,9H,3-4,7-8H2,1-2H3,(H,15,16). The second kappa shape index (κ2) is 4.19. The van der Waals surface area contributed by atoms with Crippen molar-refractivity contribution in [2.24, 2.45) is 4.99 Å². The Balaban J connectivity index is 1.99. The number of methoxy groups -OCH3 is 2. The van der Waals surface area contributed by atoms with Crippen LogP contribution in [0.3, 0.4) is 0 Å². The van der Waals surface area contributed by atoms with E-state index in [9.17, 15) is 0 Å². The average Bonchev–Trinajstić information content (AvgIpc) is 2.85. The van der Waals surface area contributed by atoms with Gasteiger partial charge in [0.15, 0.2) is 0 Å². The topological polar surface area (TPSA) is 42.9 Å². The summed E-state index contributed by atoms with van der Waals surface area (Å²) in [5.74, 6) is 1.81. The van der Waals surface area contributed by atoms with E-state index in [4.69, 9.17) is 9.47 Å². The Morgan fingerprint density at radius 1 is 1.28 bits per heavy atom. The summed E-state index contributed by atoms with van der Waals surface area (Å²) in [6, 6.07) is 4.09. The summed E-state index contributed by atoms with van der Waals surface area (Å²) in [5, 5.41) is 3.41. The molecule has 1 atom stereocenters. The Hall–Kier alpha value is -1.71. The molecule has 1 aliphatic carbocycles. The first kappa shape index (κ1) is 11.4. The zero-order chi connectivity index (χ0) is 12.6. The zero-order valence-electron chi connectivity index (χ0n) is 10.8. The molecule has 1 N–H and O–H groups in total. The minimum absolute atomic E-state index is 0.115. The number of hydrogen-bond donors (Lipinski definition) is 1. The van der Waals surface area contributed by atoms with Crippen molar-refractivity contribution in [2.75, 3.05) is 20.8 Å². The highest BCUT2D eigenvalue weighted by Crippen LogP contribution is 2.38. The van der Waals surface area contributed by atoms with E-state index < -0.39 is 0 Å². The van der Waals surface area contributed by atoms with Crippen LogP contribution in [-0.4, -0.2) is 32.6 Å². The number of ether oxygens (including phenoxy) is 2. The van der Waals surface area contributed by atoms with Crippen molar-refractivity contribution in [1.29, 1.82) is 0 Å². The fourth-order valence-electron chi connectivity index (χ4n) is 2.94. The van der Waals surface area contributed by atoms with Crippen LogP contribution in [0.25, 0.3) is 0 Å². The number of hydrogen-bond acceptors (Lipinski definition) is 4. The largest absolute Gasteiger partial charge is 0.497 e. The molecule has 96 valence electrons. The van der Waals surface area contributed by atoms with Crippen LogP contribution in [0.2, 0.25) is 0 Å². The second-order valence-electron chi connectivity index (χ2n) is 5.04. The van der Waals surface area contributed by atoms with Gasteiger partial charge in [0, 0.05) is 6.07 Å². The molecule has 0 radical (unpaired) electrons. The van der Waals surface area contributed by atoms with Gasteiger partial charge in [-0.15, -0.1) is 0 Å². The van der Waals surface area contributed by atoms with Crippen LogP contribution >= 0.6 is 0 Å². The predicted molar refractivity (Wildman–Crippen MR) is 70.8 cm³/mol. The molecule has 0 saturated carbocycles. The molecule has 1 aliphatic heterocycles. The minimum atomic E-state index is 0.115. The summed E-state index contributed by atoms with van der Waals surface area (Å²) in [7, 11) is 3.41. The van der Waals surface area contributed by atoms with Crippen molar-refractivity contribution in [1.82, 2.24) is 5.32 Å². The van der Waals surface area contributed by atoms with Crippen LogP contribution in [0.1, 0.15) is 17.5 Å². The fourth-order valence-corrected chi connectivity index (χ4v) is 2.94. The maximum atomic E-state index is 5.47. The highest BCUT2D eigenvalue weighted by Gasteiger charge is 2.36. The van der Waals surface area contributed by atoms with Crippen LogP contribution in [0.4, 0.5) is 0 Å². The first-order valence-electron chi connectivity index (χ1n) is 6.26. The van der Waals surface area contributed by atoms with Gasteiger partial charge in [0.25, 0.3) is 0 Å². The molecule has 1 aromatic rings. The molecule has 1 heterocycles. The lowest BCUT2D eigenvalue weighted by atomic mass is 9.78. The van der Waals surface area contributed by atoms with E-state index in [-0.39, 0.29) is 5.54 Å². The molecular weight excluding hydrogens is 228 g/mol. The molecule has 0 bridgehead atoms. The van der Waals surface area contributed by atoms with Crippen molar-refractivity contribution in [3.05, 3.63) is 23.3 Å². The van der Waals surface area contributed by atoms with Gasteiger partial charge in [-0.25, -0.2) is 0 Å². The minimum Gasteiger partial charge on any atom is -0.497 e. The van der Waals surface area contributed by atoms with E-state index >= 15 is 0 Å². The van der Waals surface area contributed by atoms with Crippen molar-refractivity contribution < 1.29 is 9.47 Å². The molecule has 4 nitrogen and oxygen atoms in total. The molecule has 4 heteroatoms. The smallest absolute Gasteiger partial charge is 0.126 e. The van der Waals surface area contributed by atoms with Crippen LogP contribution in [0, 0.1) is 0 Å².